The second-order valence-electron chi connectivity index (χ2n) is 6.31. The van der Waals surface area contributed by atoms with Crippen LogP contribution in [0.1, 0.15) is 56.7 Å². The Labute approximate surface area is 118 Å². The van der Waals surface area contributed by atoms with Crippen molar-refractivity contribution in [3.63, 3.8) is 0 Å². The third-order valence-electron chi connectivity index (χ3n) is 4.21. The number of piperidine rings is 1. The second kappa shape index (κ2) is 6.53. The van der Waals surface area contributed by atoms with Crippen molar-refractivity contribution in [1.29, 1.82) is 0 Å². The lowest BCUT2D eigenvalue weighted by Crippen LogP contribution is -2.44. The molecule has 1 N–H and O–H groups in total. The zero-order chi connectivity index (χ0) is 13.8. The van der Waals surface area contributed by atoms with Gasteiger partial charge in [0.05, 0.1) is 0 Å². The lowest BCUT2D eigenvalue weighted by molar-refractivity contribution is 0.218. The van der Waals surface area contributed by atoms with Crippen LogP contribution in [0, 0.1) is 0 Å². The monoisotopic (exact) mass is 260 g/mol. The first-order valence-electron chi connectivity index (χ1n) is 7.60. The number of hydrogen-bond donors (Lipinski definition) is 1. The molecule has 2 atom stereocenters. The summed E-state index contributed by atoms with van der Waals surface area (Å²) >= 11 is 0. The molecule has 2 heteroatoms. The highest BCUT2D eigenvalue weighted by Gasteiger charge is 2.19. The quantitative estimate of drug-likeness (QED) is 0.890. The van der Waals surface area contributed by atoms with Crippen LogP contribution >= 0.6 is 0 Å². The predicted octanol–water partition coefficient (Wildman–Crippen LogP) is 3.55. The zero-order valence-corrected chi connectivity index (χ0v) is 12.8. The van der Waals surface area contributed by atoms with Crippen molar-refractivity contribution in [3.05, 3.63) is 35.4 Å². The fourth-order valence-corrected chi connectivity index (χ4v) is 2.92. The van der Waals surface area contributed by atoms with Crippen LogP contribution in [0.3, 0.4) is 0 Å². The van der Waals surface area contributed by atoms with Gasteiger partial charge >= 0.3 is 0 Å². The molecule has 0 bridgehead atoms. The van der Waals surface area contributed by atoms with Crippen LogP contribution < -0.4 is 5.32 Å². The first-order valence-corrected chi connectivity index (χ1v) is 7.60. The molecule has 0 aliphatic carbocycles. The number of benzene rings is 1. The minimum absolute atomic E-state index is 0.442. The number of nitrogens with zero attached hydrogens (tertiary/aromatic N) is 1. The number of hydrogen-bond acceptors (Lipinski definition) is 2. The van der Waals surface area contributed by atoms with Crippen molar-refractivity contribution in [2.24, 2.45) is 0 Å². The molecule has 0 aromatic heterocycles. The Morgan fingerprint density at radius 2 is 1.74 bits per heavy atom. The van der Waals surface area contributed by atoms with E-state index in [0.717, 1.165) is 0 Å². The molecule has 106 valence electrons. The van der Waals surface area contributed by atoms with E-state index in [9.17, 15) is 0 Å². The largest absolute Gasteiger partial charge is 0.306 e. The summed E-state index contributed by atoms with van der Waals surface area (Å²) in [4.78, 5) is 2.43. The maximum Gasteiger partial charge on any atom is 0.0294 e. The van der Waals surface area contributed by atoms with E-state index in [-0.39, 0.29) is 0 Å². The summed E-state index contributed by atoms with van der Waals surface area (Å²) in [6, 6.07) is 10.2. The van der Waals surface area contributed by atoms with E-state index in [2.05, 4.69) is 62.3 Å². The third kappa shape index (κ3) is 4.05. The summed E-state index contributed by atoms with van der Waals surface area (Å²) in [6.45, 7) is 9.19. The molecule has 2 nitrogen and oxygen atoms in total. The highest BCUT2D eigenvalue weighted by molar-refractivity contribution is 5.26. The summed E-state index contributed by atoms with van der Waals surface area (Å²) in [5.74, 6) is 0.615. The Kier molecular flexibility index (Phi) is 5.00. The van der Waals surface area contributed by atoms with Crippen LogP contribution in [0.25, 0.3) is 0 Å². The Bertz CT molecular complexity index is 383. The molecule has 1 aromatic carbocycles. The summed E-state index contributed by atoms with van der Waals surface area (Å²) in [6.07, 6.45) is 2.62. The van der Waals surface area contributed by atoms with E-state index in [0.29, 0.717) is 18.0 Å². The molecular weight excluding hydrogens is 232 g/mol. The molecule has 1 saturated heterocycles. The average molecular weight is 260 g/mol. The Morgan fingerprint density at radius 3 is 2.32 bits per heavy atom. The molecule has 2 rings (SSSR count). The number of nitrogens with one attached hydrogen (secondary N) is 1. The van der Waals surface area contributed by atoms with Gasteiger partial charge in [0.25, 0.3) is 0 Å². The summed E-state index contributed by atoms with van der Waals surface area (Å²) in [5, 5.41) is 3.77. The van der Waals surface area contributed by atoms with E-state index >= 15 is 0 Å². The van der Waals surface area contributed by atoms with Crippen molar-refractivity contribution in [3.8, 4) is 0 Å². The van der Waals surface area contributed by atoms with E-state index in [1.807, 2.05) is 0 Å². The highest BCUT2D eigenvalue weighted by Crippen LogP contribution is 2.20. The van der Waals surface area contributed by atoms with Gasteiger partial charge in [-0.25, -0.2) is 0 Å². The highest BCUT2D eigenvalue weighted by atomic mass is 15.1. The first kappa shape index (κ1) is 14.5. The van der Waals surface area contributed by atoms with Crippen molar-refractivity contribution in [1.82, 2.24) is 10.2 Å². The van der Waals surface area contributed by atoms with Crippen LogP contribution in [0.2, 0.25) is 0 Å². The SMILES string of the molecule is CC(C)c1ccc(C(C)NC2CCCN(C)C2)cc1. The minimum atomic E-state index is 0.442. The molecule has 1 fully saturated rings. The molecule has 0 spiro atoms. The van der Waals surface area contributed by atoms with E-state index in [1.54, 1.807) is 0 Å². The Balaban J connectivity index is 1.93. The average Bonchev–Trinajstić information content (AvgIpc) is 2.39. The molecule has 1 aliphatic rings. The van der Waals surface area contributed by atoms with Gasteiger partial charge in [0.1, 0.15) is 0 Å². The van der Waals surface area contributed by atoms with Crippen LogP contribution in [0.5, 0.6) is 0 Å². The predicted molar refractivity (Wildman–Crippen MR) is 82.6 cm³/mol. The first-order chi connectivity index (χ1) is 9.06. The molecule has 0 saturated carbocycles. The van der Waals surface area contributed by atoms with E-state index in [4.69, 9.17) is 0 Å². The van der Waals surface area contributed by atoms with Crippen LogP contribution in [-0.4, -0.2) is 31.1 Å². The summed E-state index contributed by atoms with van der Waals surface area (Å²) in [7, 11) is 2.22. The zero-order valence-electron chi connectivity index (χ0n) is 12.8. The standard InChI is InChI=1S/C17H28N2/c1-13(2)15-7-9-16(10-8-15)14(3)18-17-6-5-11-19(4)12-17/h7-10,13-14,17-18H,5-6,11-12H2,1-4H3. The van der Waals surface area contributed by atoms with Crippen LogP contribution in [0.15, 0.2) is 24.3 Å². The van der Waals surface area contributed by atoms with E-state index < -0.39 is 0 Å². The van der Waals surface area contributed by atoms with Gasteiger partial charge in [0.15, 0.2) is 0 Å². The molecule has 1 aliphatic heterocycles. The van der Waals surface area contributed by atoms with Gasteiger partial charge in [0, 0.05) is 18.6 Å². The minimum Gasteiger partial charge on any atom is -0.306 e. The maximum absolute atomic E-state index is 3.77. The Morgan fingerprint density at radius 1 is 1.11 bits per heavy atom. The van der Waals surface area contributed by atoms with Gasteiger partial charge in [-0.05, 0) is 50.4 Å². The van der Waals surface area contributed by atoms with Gasteiger partial charge in [-0.2, -0.15) is 0 Å². The lowest BCUT2D eigenvalue weighted by Gasteiger charge is -2.32. The molecule has 19 heavy (non-hydrogen) atoms. The number of rotatable bonds is 4. The number of likely N-dealkylation sites (N-methyl/N-ethyl adjacent to an activating group) is 1. The van der Waals surface area contributed by atoms with Crippen molar-refractivity contribution < 1.29 is 0 Å². The van der Waals surface area contributed by atoms with Gasteiger partial charge in [-0.15, -0.1) is 0 Å². The van der Waals surface area contributed by atoms with Gasteiger partial charge in [-0.3, -0.25) is 0 Å². The van der Waals surface area contributed by atoms with Crippen LogP contribution in [0.4, 0.5) is 0 Å². The second-order valence-corrected chi connectivity index (χ2v) is 6.31. The smallest absolute Gasteiger partial charge is 0.0294 e. The van der Waals surface area contributed by atoms with Gasteiger partial charge in [0.2, 0.25) is 0 Å². The molecule has 1 heterocycles. The number of likely N-dealkylation sites (tertiary alicyclic amines) is 1. The van der Waals surface area contributed by atoms with Gasteiger partial charge in [-0.1, -0.05) is 38.1 Å². The summed E-state index contributed by atoms with van der Waals surface area (Å²) < 4.78 is 0. The maximum atomic E-state index is 3.77. The molecular formula is C17H28N2. The van der Waals surface area contributed by atoms with Crippen molar-refractivity contribution >= 4 is 0 Å². The lowest BCUT2D eigenvalue weighted by atomic mass is 9.98. The van der Waals surface area contributed by atoms with Gasteiger partial charge < -0.3 is 10.2 Å². The van der Waals surface area contributed by atoms with Crippen molar-refractivity contribution in [2.45, 2.75) is 51.6 Å². The summed E-state index contributed by atoms with van der Waals surface area (Å²) in [5.41, 5.74) is 2.82. The van der Waals surface area contributed by atoms with E-state index in [1.165, 1.54) is 37.1 Å². The third-order valence-corrected chi connectivity index (χ3v) is 4.21. The molecule has 0 radical (unpaired) electrons. The molecule has 0 amide bonds. The fourth-order valence-electron chi connectivity index (χ4n) is 2.92. The van der Waals surface area contributed by atoms with Crippen molar-refractivity contribution in [2.75, 3.05) is 20.1 Å². The topological polar surface area (TPSA) is 15.3 Å². The van der Waals surface area contributed by atoms with Crippen LogP contribution in [-0.2, 0) is 0 Å². The Hall–Kier alpha value is -0.860. The molecule has 2 unspecified atom stereocenters. The fraction of sp³-hybridized carbons (Fsp3) is 0.647. The normalized spacial score (nSPS) is 22.7. The molecule has 1 aromatic rings.